The normalized spacial score (nSPS) is 15.5. The first kappa shape index (κ1) is 18.7. The number of aromatic nitrogens is 2. The van der Waals surface area contributed by atoms with E-state index in [1.807, 2.05) is 18.2 Å². The molecule has 0 saturated heterocycles. The SMILES string of the molecule is O=C(O)C[C@@H]1CCc2cc(OCCCNc3nc(Cl)ncc3Cl)ccc21. The molecule has 0 bridgehead atoms. The van der Waals surface area contributed by atoms with Crippen molar-refractivity contribution >= 4 is 35.0 Å². The standard InChI is InChI=1S/C18H19Cl2N3O3/c19-15-10-22-18(20)23-17(15)21-6-1-7-26-13-4-5-14-11(8-13)2-3-12(14)9-16(24)25/h4-5,8,10,12H,1-3,6-7,9H2,(H,24,25)(H,21,22,23)/t12-/m0/s1. The summed E-state index contributed by atoms with van der Waals surface area (Å²) >= 11 is 11.7. The van der Waals surface area contributed by atoms with Gasteiger partial charge in [0.25, 0.3) is 0 Å². The fourth-order valence-electron chi connectivity index (χ4n) is 3.13. The second-order valence-electron chi connectivity index (χ2n) is 6.16. The Kier molecular flexibility index (Phi) is 6.16. The summed E-state index contributed by atoms with van der Waals surface area (Å²) in [5.74, 6) is 0.683. The minimum absolute atomic E-state index is 0.116. The molecule has 26 heavy (non-hydrogen) atoms. The van der Waals surface area contributed by atoms with Crippen LogP contribution < -0.4 is 10.1 Å². The van der Waals surface area contributed by atoms with E-state index in [9.17, 15) is 4.79 Å². The molecule has 1 aromatic carbocycles. The quantitative estimate of drug-likeness (QED) is 0.515. The Bertz CT molecular complexity index is 801. The maximum Gasteiger partial charge on any atom is 0.303 e. The Hall–Kier alpha value is -2.05. The largest absolute Gasteiger partial charge is 0.494 e. The van der Waals surface area contributed by atoms with Crippen molar-refractivity contribution in [1.82, 2.24) is 9.97 Å². The van der Waals surface area contributed by atoms with Gasteiger partial charge in [-0.1, -0.05) is 17.7 Å². The Balaban J connectivity index is 1.46. The minimum atomic E-state index is -0.749. The lowest BCUT2D eigenvalue weighted by Crippen LogP contribution is -2.09. The van der Waals surface area contributed by atoms with E-state index in [0.29, 0.717) is 24.0 Å². The highest BCUT2D eigenvalue weighted by Gasteiger charge is 2.24. The highest BCUT2D eigenvalue weighted by atomic mass is 35.5. The van der Waals surface area contributed by atoms with Crippen LogP contribution in [0.3, 0.4) is 0 Å². The van der Waals surface area contributed by atoms with E-state index in [1.165, 1.54) is 11.8 Å². The van der Waals surface area contributed by atoms with Crippen LogP contribution >= 0.6 is 23.2 Å². The fourth-order valence-corrected chi connectivity index (χ4v) is 3.42. The number of nitrogens with zero attached hydrogens (tertiary/aromatic N) is 2. The van der Waals surface area contributed by atoms with Crippen molar-refractivity contribution in [3.63, 3.8) is 0 Å². The number of anilines is 1. The summed E-state index contributed by atoms with van der Waals surface area (Å²) in [5, 5.41) is 12.7. The van der Waals surface area contributed by atoms with Crippen LogP contribution in [0.1, 0.15) is 36.3 Å². The Morgan fingerprint density at radius 3 is 3.04 bits per heavy atom. The van der Waals surface area contributed by atoms with Gasteiger partial charge in [0.15, 0.2) is 0 Å². The monoisotopic (exact) mass is 395 g/mol. The predicted octanol–water partition coefficient (Wildman–Crippen LogP) is 4.17. The van der Waals surface area contributed by atoms with Crippen LogP contribution in [0.5, 0.6) is 5.75 Å². The topological polar surface area (TPSA) is 84.3 Å². The number of hydrogen-bond donors (Lipinski definition) is 2. The van der Waals surface area contributed by atoms with Gasteiger partial charge in [-0.3, -0.25) is 4.79 Å². The van der Waals surface area contributed by atoms with Crippen LogP contribution in [-0.2, 0) is 11.2 Å². The molecule has 2 N–H and O–H groups in total. The second kappa shape index (κ2) is 8.56. The molecular weight excluding hydrogens is 377 g/mol. The highest BCUT2D eigenvalue weighted by Crippen LogP contribution is 2.37. The van der Waals surface area contributed by atoms with E-state index in [1.54, 1.807) is 0 Å². The molecule has 0 fully saturated rings. The molecule has 0 radical (unpaired) electrons. The number of nitrogens with one attached hydrogen (secondary N) is 1. The molecule has 8 heteroatoms. The summed E-state index contributed by atoms with van der Waals surface area (Å²) in [4.78, 5) is 18.7. The number of fused-ring (bicyclic) bond motifs is 1. The predicted molar refractivity (Wildman–Crippen MR) is 100 cm³/mol. The van der Waals surface area contributed by atoms with E-state index in [-0.39, 0.29) is 17.6 Å². The minimum Gasteiger partial charge on any atom is -0.494 e. The van der Waals surface area contributed by atoms with E-state index >= 15 is 0 Å². The third-order valence-corrected chi connectivity index (χ3v) is 4.79. The smallest absolute Gasteiger partial charge is 0.303 e. The van der Waals surface area contributed by atoms with Crippen molar-refractivity contribution in [1.29, 1.82) is 0 Å². The molecule has 0 spiro atoms. The highest BCUT2D eigenvalue weighted by molar-refractivity contribution is 6.33. The number of carboxylic acids is 1. The lowest BCUT2D eigenvalue weighted by molar-refractivity contribution is -0.137. The number of carbonyl (C=O) groups is 1. The number of ether oxygens (including phenoxy) is 1. The first-order valence-corrected chi connectivity index (χ1v) is 9.18. The maximum atomic E-state index is 10.9. The van der Waals surface area contributed by atoms with Crippen molar-refractivity contribution in [2.75, 3.05) is 18.5 Å². The number of rotatable bonds is 8. The summed E-state index contributed by atoms with van der Waals surface area (Å²) in [6, 6.07) is 5.92. The molecule has 1 aliphatic carbocycles. The average molecular weight is 396 g/mol. The number of benzene rings is 1. The number of halogens is 2. The first-order chi connectivity index (χ1) is 12.5. The van der Waals surface area contributed by atoms with E-state index in [2.05, 4.69) is 15.3 Å². The van der Waals surface area contributed by atoms with E-state index in [0.717, 1.165) is 30.6 Å². The van der Waals surface area contributed by atoms with Gasteiger partial charge < -0.3 is 15.2 Å². The van der Waals surface area contributed by atoms with Crippen molar-refractivity contribution in [3.8, 4) is 5.75 Å². The first-order valence-electron chi connectivity index (χ1n) is 8.42. The molecule has 6 nitrogen and oxygen atoms in total. The lowest BCUT2D eigenvalue weighted by atomic mass is 9.98. The summed E-state index contributed by atoms with van der Waals surface area (Å²) in [6.45, 7) is 1.18. The van der Waals surface area contributed by atoms with Crippen LogP contribution in [0.2, 0.25) is 10.3 Å². The molecular formula is C18H19Cl2N3O3. The lowest BCUT2D eigenvalue weighted by Gasteiger charge is -2.11. The van der Waals surface area contributed by atoms with Gasteiger partial charge in [-0.2, -0.15) is 4.98 Å². The zero-order valence-corrected chi connectivity index (χ0v) is 15.6. The van der Waals surface area contributed by atoms with Gasteiger partial charge in [0, 0.05) is 6.54 Å². The number of aliphatic carboxylic acids is 1. The summed E-state index contributed by atoms with van der Waals surface area (Å²) in [5.41, 5.74) is 2.32. The van der Waals surface area contributed by atoms with Crippen LogP contribution in [-0.4, -0.2) is 34.2 Å². The molecule has 1 aliphatic rings. The zero-order valence-electron chi connectivity index (χ0n) is 14.0. The van der Waals surface area contributed by atoms with Crippen LogP contribution in [0, 0.1) is 0 Å². The number of aryl methyl sites for hydroxylation is 1. The van der Waals surface area contributed by atoms with E-state index in [4.69, 9.17) is 33.0 Å². The molecule has 1 aromatic heterocycles. The molecule has 2 aromatic rings. The van der Waals surface area contributed by atoms with Gasteiger partial charge in [-0.15, -0.1) is 0 Å². The van der Waals surface area contributed by atoms with E-state index < -0.39 is 5.97 Å². The molecule has 138 valence electrons. The fraction of sp³-hybridized carbons (Fsp3) is 0.389. The van der Waals surface area contributed by atoms with Crippen LogP contribution in [0.15, 0.2) is 24.4 Å². The van der Waals surface area contributed by atoms with Gasteiger partial charge in [-0.05, 0) is 60.0 Å². The van der Waals surface area contributed by atoms with Gasteiger partial charge in [0.05, 0.1) is 19.2 Å². The zero-order chi connectivity index (χ0) is 18.5. The van der Waals surface area contributed by atoms with Crippen molar-refractivity contribution in [2.24, 2.45) is 0 Å². The maximum absolute atomic E-state index is 10.9. The third kappa shape index (κ3) is 4.77. The van der Waals surface area contributed by atoms with Gasteiger partial charge in [0.2, 0.25) is 5.28 Å². The molecule has 3 rings (SSSR count). The molecule has 1 heterocycles. The Labute approximate surface area is 161 Å². The molecule has 0 saturated carbocycles. The summed E-state index contributed by atoms with van der Waals surface area (Å²) in [6.07, 6.45) is 4.19. The third-order valence-electron chi connectivity index (χ3n) is 4.33. The summed E-state index contributed by atoms with van der Waals surface area (Å²) in [7, 11) is 0. The van der Waals surface area contributed by atoms with Gasteiger partial charge in [0.1, 0.15) is 16.6 Å². The molecule has 0 amide bonds. The summed E-state index contributed by atoms with van der Waals surface area (Å²) < 4.78 is 5.79. The molecule has 0 unspecified atom stereocenters. The Morgan fingerprint density at radius 2 is 2.23 bits per heavy atom. The molecule has 0 aliphatic heterocycles. The van der Waals surface area contributed by atoms with Crippen LogP contribution in [0.4, 0.5) is 5.82 Å². The molecule has 1 atom stereocenters. The van der Waals surface area contributed by atoms with Crippen molar-refractivity contribution in [3.05, 3.63) is 45.8 Å². The average Bonchev–Trinajstić information content (AvgIpc) is 2.99. The number of hydrogen-bond acceptors (Lipinski definition) is 5. The van der Waals surface area contributed by atoms with Crippen LogP contribution in [0.25, 0.3) is 0 Å². The van der Waals surface area contributed by atoms with Crippen molar-refractivity contribution in [2.45, 2.75) is 31.6 Å². The second-order valence-corrected chi connectivity index (χ2v) is 6.90. The van der Waals surface area contributed by atoms with Gasteiger partial charge >= 0.3 is 5.97 Å². The van der Waals surface area contributed by atoms with Crippen molar-refractivity contribution < 1.29 is 14.6 Å². The Morgan fingerprint density at radius 1 is 1.38 bits per heavy atom. The number of carboxylic acid groups (broad SMARTS) is 1. The van der Waals surface area contributed by atoms with Gasteiger partial charge in [-0.25, -0.2) is 4.98 Å².